The van der Waals surface area contributed by atoms with Gasteiger partial charge in [0.1, 0.15) is 0 Å². The van der Waals surface area contributed by atoms with Crippen LogP contribution in [0.4, 0.5) is 30.7 Å². The average molecular weight is 492 g/mol. The molecule has 12 heteroatoms. The van der Waals surface area contributed by atoms with Gasteiger partial charge >= 0.3 is 35.7 Å². The second kappa shape index (κ2) is 8.57. The number of halogens is 7. The first-order valence-corrected chi connectivity index (χ1v) is 10.9. The molecule has 1 atom stereocenters. The minimum atomic E-state index is -5.71. The van der Waals surface area contributed by atoms with E-state index in [-0.39, 0.29) is 24.7 Å². The van der Waals surface area contributed by atoms with Crippen molar-refractivity contribution in [1.82, 2.24) is 0 Å². The molecule has 33 heavy (non-hydrogen) atoms. The molecule has 5 nitrogen and oxygen atoms in total. The minimum absolute atomic E-state index is 0.0948. The summed E-state index contributed by atoms with van der Waals surface area (Å²) in [4.78, 5) is 25.5. The Kier molecular flexibility index (Phi) is 6.76. The number of hydrogen-bond donors (Lipinski definition) is 0. The number of ether oxygens (including phenoxy) is 3. The second-order valence-electron chi connectivity index (χ2n) is 9.61. The van der Waals surface area contributed by atoms with E-state index in [1.54, 1.807) is 0 Å². The molecule has 4 saturated carbocycles. The third kappa shape index (κ3) is 4.81. The monoisotopic (exact) mass is 492 g/mol. The highest BCUT2D eigenvalue weighted by molar-refractivity contribution is 5.85. The highest BCUT2D eigenvalue weighted by Gasteiger charge is 2.70. The summed E-state index contributed by atoms with van der Waals surface area (Å²) in [6.45, 7) is -1.10. The molecule has 4 aliphatic carbocycles. The molecule has 4 bridgehead atoms. The molecular formula is C21H27F7O5. The van der Waals surface area contributed by atoms with E-state index in [4.69, 9.17) is 4.74 Å². The van der Waals surface area contributed by atoms with Crippen LogP contribution in [-0.4, -0.2) is 49.0 Å². The van der Waals surface area contributed by atoms with E-state index in [2.05, 4.69) is 9.47 Å². The highest BCUT2D eigenvalue weighted by atomic mass is 19.4. The summed E-state index contributed by atoms with van der Waals surface area (Å²) in [5.74, 6) is -16.6. The van der Waals surface area contributed by atoms with Crippen molar-refractivity contribution < 1.29 is 54.5 Å². The molecule has 1 unspecified atom stereocenters. The summed E-state index contributed by atoms with van der Waals surface area (Å²) in [5.41, 5.74) is -1.23. The molecule has 4 aliphatic rings. The van der Waals surface area contributed by atoms with E-state index >= 15 is 0 Å². The maximum atomic E-state index is 14.1. The van der Waals surface area contributed by atoms with Crippen LogP contribution < -0.4 is 0 Å². The van der Waals surface area contributed by atoms with Gasteiger partial charge < -0.3 is 14.2 Å². The SMILES string of the molecule is CCOC(=O)C(OCCC(F)(F)C(C)(F)F)(OC(=O)C12CC3CC(CC(C3)C1)C2)C(F)(F)F. The molecule has 0 aromatic rings. The minimum Gasteiger partial charge on any atom is -0.461 e. The molecular weight excluding hydrogens is 465 g/mol. The topological polar surface area (TPSA) is 61.8 Å². The first-order valence-electron chi connectivity index (χ1n) is 10.9. The third-order valence-electron chi connectivity index (χ3n) is 6.99. The van der Waals surface area contributed by atoms with Crippen LogP contribution in [0.2, 0.25) is 0 Å². The number of carbonyl (C=O) groups is 2. The van der Waals surface area contributed by atoms with E-state index < -0.39 is 60.8 Å². The Morgan fingerprint density at radius 1 is 0.909 bits per heavy atom. The normalized spacial score (nSPS) is 31.2. The van der Waals surface area contributed by atoms with Crippen LogP contribution in [0.5, 0.6) is 0 Å². The van der Waals surface area contributed by atoms with Crippen LogP contribution in [0.1, 0.15) is 58.8 Å². The Bertz CT molecular complexity index is 726. The quantitative estimate of drug-likeness (QED) is 0.250. The summed E-state index contributed by atoms with van der Waals surface area (Å²) >= 11 is 0. The smallest absolute Gasteiger partial charge is 0.461 e. The van der Waals surface area contributed by atoms with Crippen molar-refractivity contribution in [2.45, 2.75) is 82.6 Å². The van der Waals surface area contributed by atoms with Crippen molar-refractivity contribution in [2.24, 2.45) is 23.2 Å². The summed E-state index contributed by atoms with van der Waals surface area (Å²) < 4.78 is 109. The van der Waals surface area contributed by atoms with Crippen LogP contribution in [0.15, 0.2) is 0 Å². The highest BCUT2D eigenvalue weighted by Crippen LogP contribution is 2.61. The van der Waals surface area contributed by atoms with E-state index in [1.807, 2.05) is 0 Å². The van der Waals surface area contributed by atoms with E-state index in [0.717, 1.165) is 19.3 Å². The Morgan fingerprint density at radius 3 is 1.79 bits per heavy atom. The van der Waals surface area contributed by atoms with Crippen molar-refractivity contribution in [3.05, 3.63) is 0 Å². The largest absolute Gasteiger partial charge is 0.468 e. The maximum Gasteiger partial charge on any atom is 0.468 e. The molecule has 0 aromatic carbocycles. The van der Waals surface area contributed by atoms with E-state index in [0.29, 0.717) is 19.3 Å². The van der Waals surface area contributed by atoms with Crippen LogP contribution in [0, 0.1) is 23.2 Å². The standard InChI is InChI=1S/C21H27F7O5/c1-3-31-16(30)20(21(26,27)28,32-5-4-19(24,25)17(2,22)23)33-15(29)18-9-12-6-13(10-18)8-14(7-12)11-18/h12-14H,3-11H2,1-2H3. The molecule has 0 radical (unpaired) electrons. The molecule has 0 amide bonds. The lowest BCUT2D eigenvalue weighted by Crippen LogP contribution is -2.61. The summed E-state index contributed by atoms with van der Waals surface area (Å²) in [6.07, 6.45) is -4.05. The van der Waals surface area contributed by atoms with Gasteiger partial charge in [-0.25, -0.2) is 13.6 Å². The van der Waals surface area contributed by atoms with Crippen molar-refractivity contribution >= 4 is 11.9 Å². The Hall–Kier alpha value is -1.59. The maximum absolute atomic E-state index is 14.1. The Balaban J connectivity index is 1.86. The second-order valence-corrected chi connectivity index (χ2v) is 9.61. The fraction of sp³-hybridized carbons (Fsp3) is 0.905. The Morgan fingerprint density at radius 2 is 1.39 bits per heavy atom. The van der Waals surface area contributed by atoms with Gasteiger partial charge in [0, 0.05) is 13.3 Å². The fourth-order valence-corrected chi connectivity index (χ4v) is 5.75. The van der Waals surface area contributed by atoms with Crippen LogP contribution >= 0.6 is 0 Å². The van der Waals surface area contributed by atoms with Crippen LogP contribution in [0.25, 0.3) is 0 Å². The van der Waals surface area contributed by atoms with E-state index in [1.165, 1.54) is 6.92 Å². The molecule has 190 valence electrons. The van der Waals surface area contributed by atoms with Gasteiger partial charge in [0.15, 0.2) is 0 Å². The van der Waals surface area contributed by atoms with Gasteiger partial charge in [0.05, 0.1) is 18.6 Å². The van der Waals surface area contributed by atoms with Crippen LogP contribution in [-0.2, 0) is 23.8 Å². The predicted molar refractivity (Wildman–Crippen MR) is 98.3 cm³/mol. The number of esters is 2. The number of rotatable bonds is 9. The molecule has 4 rings (SSSR count). The zero-order valence-electron chi connectivity index (χ0n) is 18.3. The van der Waals surface area contributed by atoms with Gasteiger partial charge in [-0.05, 0) is 63.2 Å². The zero-order chi connectivity index (χ0) is 24.9. The number of carbonyl (C=O) groups excluding carboxylic acids is 2. The predicted octanol–water partition coefficient (Wildman–Crippen LogP) is 5.26. The first-order chi connectivity index (χ1) is 15.1. The molecule has 4 fully saturated rings. The third-order valence-corrected chi connectivity index (χ3v) is 6.99. The van der Waals surface area contributed by atoms with Crippen molar-refractivity contribution in [3.63, 3.8) is 0 Å². The van der Waals surface area contributed by atoms with Gasteiger partial charge in [-0.15, -0.1) is 0 Å². The average Bonchev–Trinajstić information content (AvgIpc) is 2.64. The molecule has 0 saturated heterocycles. The fourth-order valence-electron chi connectivity index (χ4n) is 5.75. The summed E-state index contributed by atoms with van der Waals surface area (Å²) in [5, 5.41) is 0. The summed E-state index contributed by atoms with van der Waals surface area (Å²) in [7, 11) is 0. The van der Waals surface area contributed by atoms with Gasteiger partial charge in [-0.3, -0.25) is 4.79 Å². The lowest BCUT2D eigenvalue weighted by molar-refractivity contribution is -0.361. The van der Waals surface area contributed by atoms with Gasteiger partial charge in [0.2, 0.25) is 0 Å². The molecule has 0 aliphatic heterocycles. The Labute approximate surface area is 186 Å². The molecule has 0 N–H and O–H groups in total. The number of hydrogen-bond acceptors (Lipinski definition) is 5. The van der Waals surface area contributed by atoms with Crippen LogP contribution in [0.3, 0.4) is 0 Å². The first kappa shape index (κ1) is 26.0. The molecule has 0 aromatic heterocycles. The van der Waals surface area contributed by atoms with Crippen molar-refractivity contribution in [2.75, 3.05) is 13.2 Å². The van der Waals surface area contributed by atoms with Crippen molar-refractivity contribution in [1.29, 1.82) is 0 Å². The van der Waals surface area contributed by atoms with Gasteiger partial charge in [0.25, 0.3) is 0 Å². The lowest BCUT2D eigenvalue weighted by Gasteiger charge is -2.55. The van der Waals surface area contributed by atoms with Gasteiger partial charge in [-0.2, -0.15) is 22.0 Å². The summed E-state index contributed by atoms with van der Waals surface area (Å²) in [6, 6.07) is 0. The zero-order valence-corrected chi connectivity index (χ0v) is 18.3. The molecule has 0 spiro atoms. The lowest BCUT2D eigenvalue weighted by atomic mass is 9.49. The molecule has 0 heterocycles. The van der Waals surface area contributed by atoms with Crippen molar-refractivity contribution in [3.8, 4) is 0 Å². The number of alkyl halides is 7. The van der Waals surface area contributed by atoms with E-state index in [9.17, 15) is 40.3 Å². The van der Waals surface area contributed by atoms with Gasteiger partial charge in [-0.1, -0.05) is 0 Å².